The molecular formula is C16H23BrN2O3. The second-order valence-corrected chi connectivity index (χ2v) is 7.13. The molecule has 0 atom stereocenters. The van der Waals surface area contributed by atoms with E-state index in [0.717, 1.165) is 23.4 Å². The zero-order valence-corrected chi connectivity index (χ0v) is 14.9. The molecule has 1 N–H and O–H groups in total. The van der Waals surface area contributed by atoms with Gasteiger partial charge in [0, 0.05) is 19.6 Å². The quantitative estimate of drug-likeness (QED) is 0.820. The normalized spacial score (nSPS) is 15.6. The molecule has 0 aromatic carbocycles. The monoisotopic (exact) mass is 370 g/mol. The van der Waals surface area contributed by atoms with Crippen molar-refractivity contribution in [2.24, 2.45) is 0 Å². The third-order valence-corrected chi connectivity index (χ3v) is 3.66. The number of rotatable bonds is 4. The summed E-state index contributed by atoms with van der Waals surface area (Å²) < 4.78 is 11.6. The number of nitrogens with one attached hydrogen (secondary N) is 1. The summed E-state index contributed by atoms with van der Waals surface area (Å²) in [5.41, 5.74) is 0.866. The Balaban J connectivity index is 1.73. The summed E-state index contributed by atoms with van der Waals surface area (Å²) in [4.78, 5) is 13.7. The maximum Gasteiger partial charge on any atom is 0.410 e. The number of carbonyl (C=O) groups excluding carboxylic acids is 1. The minimum atomic E-state index is -0.444. The van der Waals surface area contributed by atoms with Crippen molar-refractivity contribution in [2.75, 3.05) is 19.6 Å². The van der Waals surface area contributed by atoms with Gasteiger partial charge in [-0.15, -0.1) is 0 Å². The van der Waals surface area contributed by atoms with Crippen LogP contribution in [0.2, 0.25) is 0 Å². The van der Waals surface area contributed by atoms with Gasteiger partial charge in [-0.3, -0.25) is 0 Å². The van der Waals surface area contributed by atoms with Crippen molar-refractivity contribution in [3.8, 4) is 0 Å². The zero-order chi connectivity index (χ0) is 16.2. The van der Waals surface area contributed by atoms with Gasteiger partial charge in [-0.1, -0.05) is 11.6 Å². The van der Waals surface area contributed by atoms with Gasteiger partial charge in [0.15, 0.2) is 4.67 Å². The van der Waals surface area contributed by atoms with Crippen LogP contribution in [-0.2, 0) is 11.3 Å². The summed E-state index contributed by atoms with van der Waals surface area (Å²) in [6.45, 7) is 8.46. The zero-order valence-electron chi connectivity index (χ0n) is 13.3. The molecule has 2 rings (SSSR count). The van der Waals surface area contributed by atoms with E-state index in [0.29, 0.717) is 19.6 Å². The fraction of sp³-hybridized carbons (Fsp3) is 0.562. The van der Waals surface area contributed by atoms with Crippen molar-refractivity contribution in [3.63, 3.8) is 0 Å². The molecule has 0 aliphatic carbocycles. The van der Waals surface area contributed by atoms with Crippen molar-refractivity contribution in [2.45, 2.75) is 39.3 Å². The largest absolute Gasteiger partial charge is 0.453 e. The lowest BCUT2D eigenvalue weighted by Gasteiger charge is -2.29. The Hall–Kier alpha value is -1.27. The molecule has 122 valence electrons. The summed E-state index contributed by atoms with van der Waals surface area (Å²) in [6, 6.07) is 3.83. The van der Waals surface area contributed by atoms with E-state index in [9.17, 15) is 4.79 Å². The first-order valence-corrected chi connectivity index (χ1v) is 8.23. The van der Waals surface area contributed by atoms with Crippen LogP contribution in [0.25, 0.3) is 0 Å². The van der Waals surface area contributed by atoms with Gasteiger partial charge in [0.05, 0.1) is 6.54 Å². The Morgan fingerprint density at radius 3 is 2.73 bits per heavy atom. The molecule has 0 fully saturated rings. The molecule has 0 saturated heterocycles. The highest BCUT2D eigenvalue weighted by atomic mass is 79.9. The lowest BCUT2D eigenvalue weighted by Crippen LogP contribution is -2.39. The Morgan fingerprint density at radius 2 is 2.18 bits per heavy atom. The Bertz CT molecular complexity index is 546. The van der Waals surface area contributed by atoms with Crippen molar-refractivity contribution in [1.82, 2.24) is 10.2 Å². The summed E-state index contributed by atoms with van der Waals surface area (Å²) in [5.74, 6) is 0.902. The first-order chi connectivity index (χ1) is 10.3. The second-order valence-electron chi connectivity index (χ2n) is 6.35. The number of carbonyl (C=O) groups is 1. The smallest absolute Gasteiger partial charge is 0.410 e. The average molecular weight is 371 g/mol. The van der Waals surface area contributed by atoms with Crippen LogP contribution < -0.4 is 5.32 Å². The van der Waals surface area contributed by atoms with E-state index in [1.807, 2.05) is 32.9 Å². The number of hydrogen-bond acceptors (Lipinski definition) is 4. The minimum absolute atomic E-state index is 0.240. The summed E-state index contributed by atoms with van der Waals surface area (Å²) >= 11 is 3.29. The maximum absolute atomic E-state index is 12.0. The third kappa shape index (κ3) is 5.50. The molecule has 0 bridgehead atoms. The van der Waals surface area contributed by atoms with Crippen molar-refractivity contribution in [3.05, 3.63) is 34.2 Å². The van der Waals surface area contributed by atoms with Crippen LogP contribution >= 0.6 is 15.9 Å². The number of amides is 1. The third-order valence-electron chi connectivity index (χ3n) is 3.24. The summed E-state index contributed by atoms with van der Waals surface area (Å²) in [5, 5.41) is 3.35. The van der Waals surface area contributed by atoms with Crippen LogP contribution in [0.4, 0.5) is 4.79 Å². The second kappa shape index (κ2) is 7.33. The fourth-order valence-electron chi connectivity index (χ4n) is 2.16. The van der Waals surface area contributed by atoms with Crippen LogP contribution in [0.5, 0.6) is 0 Å². The van der Waals surface area contributed by atoms with Gasteiger partial charge in [-0.05, 0) is 55.3 Å². The Kier molecular flexibility index (Phi) is 5.69. The van der Waals surface area contributed by atoms with E-state index in [4.69, 9.17) is 9.15 Å². The van der Waals surface area contributed by atoms with Crippen LogP contribution in [0.3, 0.4) is 0 Å². The van der Waals surface area contributed by atoms with E-state index in [1.54, 1.807) is 4.90 Å². The molecule has 0 radical (unpaired) electrons. The Labute approximate surface area is 139 Å². The van der Waals surface area contributed by atoms with Gasteiger partial charge in [-0.2, -0.15) is 0 Å². The van der Waals surface area contributed by atoms with E-state index in [-0.39, 0.29) is 6.09 Å². The minimum Gasteiger partial charge on any atom is -0.453 e. The first-order valence-electron chi connectivity index (χ1n) is 7.44. The van der Waals surface area contributed by atoms with Gasteiger partial charge >= 0.3 is 6.09 Å². The maximum atomic E-state index is 12.0. The highest BCUT2D eigenvalue weighted by Crippen LogP contribution is 2.16. The highest BCUT2D eigenvalue weighted by molar-refractivity contribution is 9.10. The molecule has 1 aliphatic heterocycles. The number of nitrogens with zero attached hydrogens (tertiary/aromatic N) is 1. The number of halogens is 1. The van der Waals surface area contributed by atoms with E-state index in [2.05, 4.69) is 27.3 Å². The van der Waals surface area contributed by atoms with Gasteiger partial charge in [-0.25, -0.2) is 4.79 Å². The van der Waals surface area contributed by atoms with Crippen LogP contribution in [0.1, 0.15) is 33.0 Å². The molecule has 0 saturated carbocycles. The summed E-state index contributed by atoms with van der Waals surface area (Å²) in [7, 11) is 0. The molecule has 1 aromatic heterocycles. The number of hydrogen-bond donors (Lipinski definition) is 1. The topological polar surface area (TPSA) is 54.7 Å². The molecule has 0 unspecified atom stereocenters. The molecule has 6 heteroatoms. The predicted octanol–water partition coefficient (Wildman–Crippen LogP) is 3.70. The molecule has 1 amide bonds. The fourth-order valence-corrected chi connectivity index (χ4v) is 2.50. The van der Waals surface area contributed by atoms with Crippen molar-refractivity contribution < 1.29 is 13.9 Å². The molecule has 1 aromatic rings. The van der Waals surface area contributed by atoms with Crippen molar-refractivity contribution >= 4 is 22.0 Å². The predicted molar refractivity (Wildman–Crippen MR) is 88.6 cm³/mol. The van der Waals surface area contributed by atoms with Gasteiger partial charge < -0.3 is 19.4 Å². The van der Waals surface area contributed by atoms with Crippen LogP contribution in [0, 0.1) is 0 Å². The molecule has 0 spiro atoms. The van der Waals surface area contributed by atoms with Gasteiger partial charge in [0.25, 0.3) is 0 Å². The highest BCUT2D eigenvalue weighted by Gasteiger charge is 2.23. The van der Waals surface area contributed by atoms with Crippen LogP contribution in [-0.4, -0.2) is 36.2 Å². The molecular weight excluding hydrogens is 348 g/mol. The molecule has 2 heterocycles. The van der Waals surface area contributed by atoms with E-state index >= 15 is 0 Å². The van der Waals surface area contributed by atoms with Crippen molar-refractivity contribution in [1.29, 1.82) is 0 Å². The first kappa shape index (κ1) is 17.1. The Morgan fingerprint density at radius 1 is 1.41 bits per heavy atom. The molecule has 22 heavy (non-hydrogen) atoms. The average Bonchev–Trinajstić information content (AvgIpc) is 2.83. The standard InChI is InChI=1S/C16H23BrN2O3/c1-16(2,3)22-15(20)19-8-6-12(7-9-19)10-18-11-13-4-5-14(17)21-13/h4-6,18H,7-11H2,1-3H3. The van der Waals surface area contributed by atoms with E-state index < -0.39 is 5.60 Å². The lowest BCUT2D eigenvalue weighted by atomic mass is 10.1. The van der Waals surface area contributed by atoms with Gasteiger partial charge in [0.2, 0.25) is 0 Å². The molecule has 5 nitrogen and oxygen atoms in total. The lowest BCUT2D eigenvalue weighted by molar-refractivity contribution is 0.0265. The molecule has 1 aliphatic rings. The SMILES string of the molecule is CC(C)(C)OC(=O)N1CC=C(CNCc2ccc(Br)o2)CC1. The van der Waals surface area contributed by atoms with E-state index in [1.165, 1.54) is 5.57 Å². The summed E-state index contributed by atoms with van der Waals surface area (Å²) in [6.07, 6.45) is 2.73. The number of furan rings is 1. The number of ether oxygens (including phenoxy) is 1. The van der Waals surface area contributed by atoms with Crippen LogP contribution in [0.15, 0.2) is 32.9 Å². The van der Waals surface area contributed by atoms with Gasteiger partial charge in [0.1, 0.15) is 11.4 Å².